The molecule has 0 saturated carbocycles. The van der Waals surface area contributed by atoms with Crippen LogP contribution in [0.4, 0.5) is 5.69 Å². The summed E-state index contributed by atoms with van der Waals surface area (Å²) < 4.78 is 0. The number of nitrogens with one attached hydrogen (secondary N) is 2. The SMILES string of the molecule is CCNC(c1ccc(C)cc1)c1ccc2c(c1)CC(=O)N2. The van der Waals surface area contributed by atoms with Crippen molar-refractivity contribution >= 4 is 11.6 Å². The van der Waals surface area contributed by atoms with Gasteiger partial charge in [-0.15, -0.1) is 0 Å². The van der Waals surface area contributed by atoms with E-state index in [9.17, 15) is 4.79 Å². The van der Waals surface area contributed by atoms with Crippen LogP contribution in [0.1, 0.15) is 35.2 Å². The van der Waals surface area contributed by atoms with E-state index < -0.39 is 0 Å². The van der Waals surface area contributed by atoms with Gasteiger partial charge in [-0.3, -0.25) is 4.79 Å². The Morgan fingerprint density at radius 2 is 1.86 bits per heavy atom. The van der Waals surface area contributed by atoms with E-state index >= 15 is 0 Å². The molecular formula is C18H20N2O. The molecule has 0 spiro atoms. The van der Waals surface area contributed by atoms with E-state index in [1.54, 1.807) is 0 Å². The monoisotopic (exact) mass is 280 g/mol. The molecule has 0 radical (unpaired) electrons. The van der Waals surface area contributed by atoms with Gasteiger partial charge in [-0.2, -0.15) is 0 Å². The molecule has 2 aromatic rings. The van der Waals surface area contributed by atoms with Crippen molar-refractivity contribution in [2.45, 2.75) is 26.3 Å². The predicted octanol–water partition coefficient (Wildman–Crippen LogP) is 3.19. The number of hydrogen-bond donors (Lipinski definition) is 2. The summed E-state index contributed by atoms with van der Waals surface area (Å²) in [6.07, 6.45) is 0.482. The van der Waals surface area contributed by atoms with Crippen molar-refractivity contribution < 1.29 is 4.79 Å². The first-order valence-electron chi connectivity index (χ1n) is 7.40. The van der Waals surface area contributed by atoms with Crippen molar-refractivity contribution in [1.82, 2.24) is 5.32 Å². The Labute approximate surface area is 125 Å². The zero-order valence-corrected chi connectivity index (χ0v) is 12.4. The standard InChI is InChI=1S/C18H20N2O/c1-3-19-18(13-6-4-12(2)5-7-13)14-8-9-16-15(10-14)11-17(21)20-16/h4-10,18-19H,3,11H2,1-2H3,(H,20,21). The quantitative estimate of drug-likeness (QED) is 0.903. The number of benzene rings is 2. The van der Waals surface area contributed by atoms with Crippen molar-refractivity contribution in [2.24, 2.45) is 0 Å². The Hall–Kier alpha value is -2.13. The van der Waals surface area contributed by atoms with Crippen LogP contribution in [0.2, 0.25) is 0 Å². The second-order valence-electron chi connectivity index (χ2n) is 5.54. The van der Waals surface area contributed by atoms with Crippen LogP contribution in [0.15, 0.2) is 42.5 Å². The highest BCUT2D eigenvalue weighted by atomic mass is 16.1. The van der Waals surface area contributed by atoms with E-state index in [0.29, 0.717) is 6.42 Å². The molecule has 3 rings (SSSR count). The summed E-state index contributed by atoms with van der Waals surface area (Å²) >= 11 is 0. The Balaban J connectivity index is 1.96. The molecule has 1 heterocycles. The minimum absolute atomic E-state index is 0.0810. The molecule has 3 heteroatoms. The third kappa shape index (κ3) is 2.83. The largest absolute Gasteiger partial charge is 0.326 e. The third-order valence-electron chi connectivity index (χ3n) is 3.91. The number of amides is 1. The highest BCUT2D eigenvalue weighted by Gasteiger charge is 2.20. The summed E-state index contributed by atoms with van der Waals surface area (Å²) in [6, 6.07) is 15.0. The molecule has 1 aliphatic rings. The fourth-order valence-corrected chi connectivity index (χ4v) is 2.82. The van der Waals surface area contributed by atoms with Gasteiger partial charge in [0.05, 0.1) is 12.5 Å². The van der Waals surface area contributed by atoms with Crippen molar-refractivity contribution in [3.05, 3.63) is 64.7 Å². The molecule has 1 unspecified atom stereocenters. The lowest BCUT2D eigenvalue weighted by atomic mass is 9.95. The average molecular weight is 280 g/mol. The summed E-state index contributed by atoms with van der Waals surface area (Å²) in [5.41, 5.74) is 5.75. The first-order chi connectivity index (χ1) is 10.2. The summed E-state index contributed by atoms with van der Waals surface area (Å²) in [5, 5.41) is 6.42. The molecule has 3 nitrogen and oxygen atoms in total. The van der Waals surface area contributed by atoms with Gasteiger partial charge >= 0.3 is 0 Å². The molecule has 0 aromatic heterocycles. The Morgan fingerprint density at radius 3 is 2.57 bits per heavy atom. The van der Waals surface area contributed by atoms with E-state index in [0.717, 1.165) is 17.8 Å². The molecule has 0 bridgehead atoms. The van der Waals surface area contributed by atoms with Gasteiger partial charge < -0.3 is 10.6 Å². The van der Waals surface area contributed by atoms with Gasteiger partial charge in [0.15, 0.2) is 0 Å². The first-order valence-corrected chi connectivity index (χ1v) is 7.40. The van der Waals surface area contributed by atoms with Crippen molar-refractivity contribution in [3.8, 4) is 0 Å². The van der Waals surface area contributed by atoms with Crippen LogP contribution in [0.3, 0.4) is 0 Å². The number of carbonyl (C=O) groups excluding carboxylic acids is 1. The van der Waals surface area contributed by atoms with Crippen molar-refractivity contribution in [3.63, 3.8) is 0 Å². The Bertz CT molecular complexity index is 661. The van der Waals surface area contributed by atoms with Gasteiger partial charge in [-0.1, -0.05) is 48.9 Å². The van der Waals surface area contributed by atoms with Gasteiger partial charge in [-0.05, 0) is 36.2 Å². The second-order valence-corrected chi connectivity index (χ2v) is 5.54. The summed E-state index contributed by atoms with van der Waals surface area (Å²) in [4.78, 5) is 11.5. The Morgan fingerprint density at radius 1 is 1.14 bits per heavy atom. The molecule has 1 atom stereocenters. The number of hydrogen-bond acceptors (Lipinski definition) is 2. The van der Waals surface area contributed by atoms with Crippen LogP contribution in [-0.4, -0.2) is 12.5 Å². The maximum atomic E-state index is 11.5. The molecule has 0 fully saturated rings. The number of rotatable bonds is 4. The van der Waals surface area contributed by atoms with Crippen molar-refractivity contribution in [2.75, 3.05) is 11.9 Å². The zero-order chi connectivity index (χ0) is 14.8. The van der Waals surface area contributed by atoms with Gasteiger partial charge in [0.25, 0.3) is 0 Å². The lowest BCUT2D eigenvalue weighted by molar-refractivity contribution is -0.115. The normalized spacial score (nSPS) is 14.7. The van der Waals surface area contributed by atoms with Crippen LogP contribution in [0.5, 0.6) is 0 Å². The highest BCUT2D eigenvalue weighted by Crippen LogP contribution is 2.29. The maximum Gasteiger partial charge on any atom is 0.228 e. The van der Waals surface area contributed by atoms with Crippen LogP contribution in [0, 0.1) is 6.92 Å². The minimum atomic E-state index is 0.0810. The molecule has 2 aromatic carbocycles. The lowest BCUT2D eigenvalue weighted by Gasteiger charge is -2.20. The average Bonchev–Trinajstić information content (AvgIpc) is 2.85. The predicted molar refractivity (Wildman–Crippen MR) is 85.5 cm³/mol. The van der Waals surface area contributed by atoms with Crippen molar-refractivity contribution in [1.29, 1.82) is 0 Å². The number of aryl methyl sites for hydroxylation is 1. The molecule has 0 aliphatic carbocycles. The van der Waals surface area contributed by atoms with E-state index in [-0.39, 0.29) is 11.9 Å². The van der Waals surface area contributed by atoms with Crippen LogP contribution < -0.4 is 10.6 Å². The number of anilines is 1. The summed E-state index contributed by atoms with van der Waals surface area (Å²) in [7, 11) is 0. The highest BCUT2D eigenvalue weighted by molar-refractivity contribution is 5.99. The maximum absolute atomic E-state index is 11.5. The fourth-order valence-electron chi connectivity index (χ4n) is 2.82. The van der Waals surface area contributed by atoms with Gasteiger partial charge in [-0.25, -0.2) is 0 Å². The molecule has 1 amide bonds. The van der Waals surface area contributed by atoms with E-state index in [1.807, 2.05) is 6.07 Å². The van der Waals surface area contributed by atoms with Gasteiger partial charge in [0.1, 0.15) is 0 Å². The van der Waals surface area contributed by atoms with E-state index in [4.69, 9.17) is 0 Å². The molecule has 108 valence electrons. The van der Waals surface area contributed by atoms with Gasteiger partial charge in [0.2, 0.25) is 5.91 Å². The molecule has 0 saturated heterocycles. The fraction of sp³-hybridized carbons (Fsp3) is 0.278. The van der Waals surface area contributed by atoms with Crippen LogP contribution in [-0.2, 0) is 11.2 Å². The number of carbonyl (C=O) groups is 1. The lowest BCUT2D eigenvalue weighted by Crippen LogP contribution is -2.22. The van der Waals surface area contributed by atoms with Gasteiger partial charge in [0, 0.05) is 5.69 Å². The molecule has 2 N–H and O–H groups in total. The first kappa shape index (κ1) is 13.8. The van der Waals surface area contributed by atoms with Crippen LogP contribution >= 0.6 is 0 Å². The minimum Gasteiger partial charge on any atom is -0.326 e. The zero-order valence-electron chi connectivity index (χ0n) is 12.4. The third-order valence-corrected chi connectivity index (χ3v) is 3.91. The van der Waals surface area contributed by atoms with E-state index in [2.05, 4.69) is 60.9 Å². The smallest absolute Gasteiger partial charge is 0.228 e. The van der Waals surface area contributed by atoms with Crippen LogP contribution in [0.25, 0.3) is 0 Å². The second kappa shape index (κ2) is 5.70. The summed E-state index contributed by atoms with van der Waals surface area (Å²) in [6.45, 7) is 5.10. The number of fused-ring (bicyclic) bond motifs is 1. The summed E-state index contributed by atoms with van der Waals surface area (Å²) in [5.74, 6) is 0.0810. The topological polar surface area (TPSA) is 41.1 Å². The molecule has 21 heavy (non-hydrogen) atoms. The van der Waals surface area contributed by atoms with E-state index in [1.165, 1.54) is 16.7 Å². The molecule has 1 aliphatic heterocycles. The Kier molecular flexibility index (Phi) is 3.76. The molecular weight excluding hydrogens is 260 g/mol.